The first-order valence-corrected chi connectivity index (χ1v) is 7.78. The van der Waals surface area contributed by atoms with Crippen molar-refractivity contribution in [1.29, 1.82) is 0 Å². The minimum Gasteiger partial charge on any atom is -0.486 e. The third-order valence-electron chi connectivity index (χ3n) is 3.37. The molecular weight excluding hydrogens is 316 g/mol. The van der Waals surface area contributed by atoms with E-state index in [2.05, 4.69) is 10.6 Å². The van der Waals surface area contributed by atoms with Crippen molar-refractivity contribution in [2.24, 2.45) is 0 Å². The van der Waals surface area contributed by atoms with Gasteiger partial charge in [0, 0.05) is 24.7 Å². The first-order chi connectivity index (χ1) is 11.2. The van der Waals surface area contributed by atoms with E-state index in [1.807, 2.05) is 30.3 Å². The molecule has 0 fully saturated rings. The number of amides is 1. The van der Waals surface area contributed by atoms with Gasteiger partial charge in [-0.2, -0.15) is 0 Å². The number of hydrogen-bond acceptors (Lipinski definition) is 4. The first kappa shape index (κ1) is 15.5. The number of hydrogen-bond donors (Lipinski definition) is 2. The molecule has 6 heteroatoms. The van der Waals surface area contributed by atoms with Crippen LogP contribution in [0.5, 0.6) is 11.5 Å². The Morgan fingerprint density at radius 1 is 1.09 bits per heavy atom. The largest absolute Gasteiger partial charge is 0.486 e. The van der Waals surface area contributed by atoms with E-state index in [0.717, 1.165) is 17.2 Å². The summed E-state index contributed by atoms with van der Waals surface area (Å²) in [5.41, 5.74) is 1.51. The maximum absolute atomic E-state index is 11.9. The summed E-state index contributed by atoms with van der Waals surface area (Å²) in [5, 5.41) is 6.52. The predicted octanol–water partition coefficient (Wildman–Crippen LogP) is 3.55. The number of carbonyl (C=O) groups is 1. The predicted molar refractivity (Wildman–Crippen MR) is 90.6 cm³/mol. The highest BCUT2D eigenvalue weighted by atomic mass is 35.5. The van der Waals surface area contributed by atoms with Crippen molar-refractivity contribution < 1.29 is 14.3 Å². The lowest BCUT2D eigenvalue weighted by Crippen LogP contribution is -2.17. The van der Waals surface area contributed by atoms with Gasteiger partial charge in [0.15, 0.2) is 11.5 Å². The van der Waals surface area contributed by atoms with Gasteiger partial charge in [-0.05, 0) is 24.3 Å². The average molecular weight is 333 g/mol. The van der Waals surface area contributed by atoms with Gasteiger partial charge in [0.2, 0.25) is 5.91 Å². The minimum absolute atomic E-state index is 0.0943. The summed E-state index contributed by atoms with van der Waals surface area (Å²) in [6.45, 7) is 1.63. The zero-order chi connectivity index (χ0) is 16.1. The van der Waals surface area contributed by atoms with Gasteiger partial charge in [0.25, 0.3) is 0 Å². The van der Waals surface area contributed by atoms with Crippen molar-refractivity contribution in [3.05, 3.63) is 47.5 Å². The van der Waals surface area contributed by atoms with Gasteiger partial charge in [-0.15, -0.1) is 0 Å². The highest BCUT2D eigenvalue weighted by Crippen LogP contribution is 2.32. The molecule has 0 atom stereocenters. The molecule has 0 spiro atoms. The molecule has 5 nitrogen and oxygen atoms in total. The number of rotatable bonds is 5. The number of para-hydroxylation sites is 1. The van der Waals surface area contributed by atoms with E-state index in [1.54, 1.807) is 12.1 Å². The molecule has 0 aliphatic carbocycles. The van der Waals surface area contributed by atoms with Gasteiger partial charge < -0.3 is 20.1 Å². The molecule has 0 bridgehead atoms. The number of benzene rings is 2. The van der Waals surface area contributed by atoms with Crippen LogP contribution in [0.2, 0.25) is 5.02 Å². The molecule has 2 aromatic carbocycles. The van der Waals surface area contributed by atoms with E-state index < -0.39 is 0 Å². The fourth-order valence-electron chi connectivity index (χ4n) is 2.25. The van der Waals surface area contributed by atoms with Crippen LogP contribution in [0.15, 0.2) is 42.5 Å². The second-order valence-corrected chi connectivity index (χ2v) is 5.47. The lowest BCUT2D eigenvalue weighted by atomic mass is 10.2. The molecular formula is C17H17ClN2O3. The molecule has 0 unspecified atom stereocenters. The Hall–Kier alpha value is -2.40. The zero-order valence-electron chi connectivity index (χ0n) is 12.5. The lowest BCUT2D eigenvalue weighted by molar-refractivity contribution is -0.115. The fourth-order valence-corrected chi connectivity index (χ4v) is 2.43. The van der Waals surface area contributed by atoms with Crippen molar-refractivity contribution in [3.8, 4) is 11.5 Å². The Bertz CT molecular complexity index is 706. The van der Waals surface area contributed by atoms with E-state index >= 15 is 0 Å². The quantitative estimate of drug-likeness (QED) is 0.879. The SMILES string of the molecule is O=C(CCNc1ccc2c(c1)OCCO2)Nc1ccccc1Cl. The van der Waals surface area contributed by atoms with Crippen molar-refractivity contribution in [2.75, 3.05) is 30.4 Å². The molecule has 0 saturated carbocycles. The summed E-state index contributed by atoms with van der Waals surface area (Å²) in [5.74, 6) is 1.38. The maximum Gasteiger partial charge on any atom is 0.226 e. The van der Waals surface area contributed by atoms with Gasteiger partial charge >= 0.3 is 0 Å². The molecule has 1 heterocycles. The van der Waals surface area contributed by atoms with Crippen LogP contribution in [0.3, 0.4) is 0 Å². The molecule has 0 saturated heterocycles. The van der Waals surface area contributed by atoms with Gasteiger partial charge in [-0.3, -0.25) is 4.79 Å². The molecule has 23 heavy (non-hydrogen) atoms. The smallest absolute Gasteiger partial charge is 0.226 e. The van der Waals surface area contributed by atoms with Gasteiger partial charge in [0.05, 0.1) is 10.7 Å². The van der Waals surface area contributed by atoms with Crippen molar-refractivity contribution in [1.82, 2.24) is 0 Å². The number of nitrogens with one attached hydrogen (secondary N) is 2. The van der Waals surface area contributed by atoms with Crippen molar-refractivity contribution >= 4 is 28.9 Å². The summed E-state index contributed by atoms with van der Waals surface area (Å²) in [6.07, 6.45) is 0.333. The molecule has 120 valence electrons. The Labute approximate surface area is 139 Å². The van der Waals surface area contributed by atoms with E-state index in [9.17, 15) is 4.79 Å². The molecule has 1 aliphatic rings. The Morgan fingerprint density at radius 2 is 1.87 bits per heavy atom. The number of halogens is 1. The number of ether oxygens (including phenoxy) is 2. The number of fused-ring (bicyclic) bond motifs is 1. The van der Waals surface area contributed by atoms with Crippen LogP contribution in [0.4, 0.5) is 11.4 Å². The van der Waals surface area contributed by atoms with Crippen LogP contribution in [-0.4, -0.2) is 25.7 Å². The second kappa shape index (κ2) is 7.24. The zero-order valence-corrected chi connectivity index (χ0v) is 13.2. The summed E-state index contributed by atoms with van der Waals surface area (Å²) in [4.78, 5) is 11.9. The minimum atomic E-state index is -0.0943. The highest BCUT2D eigenvalue weighted by Gasteiger charge is 2.11. The summed E-state index contributed by atoms with van der Waals surface area (Å²) in [6, 6.07) is 12.8. The van der Waals surface area contributed by atoms with Gasteiger partial charge in [-0.25, -0.2) is 0 Å². The molecule has 3 rings (SSSR count). The molecule has 2 N–H and O–H groups in total. The Balaban J connectivity index is 1.49. The molecule has 0 radical (unpaired) electrons. The van der Waals surface area contributed by atoms with Crippen LogP contribution in [0, 0.1) is 0 Å². The van der Waals surface area contributed by atoms with E-state index in [0.29, 0.717) is 36.9 Å². The van der Waals surface area contributed by atoms with Crippen LogP contribution in [0.1, 0.15) is 6.42 Å². The molecule has 1 aliphatic heterocycles. The second-order valence-electron chi connectivity index (χ2n) is 5.06. The van der Waals surface area contributed by atoms with Gasteiger partial charge in [0.1, 0.15) is 13.2 Å². The maximum atomic E-state index is 11.9. The van der Waals surface area contributed by atoms with Crippen molar-refractivity contribution in [2.45, 2.75) is 6.42 Å². The van der Waals surface area contributed by atoms with E-state index in [-0.39, 0.29) is 5.91 Å². The Morgan fingerprint density at radius 3 is 2.70 bits per heavy atom. The lowest BCUT2D eigenvalue weighted by Gasteiger charge is -2.19. The monoisotopic (exact) mass is 332 g/mol. The van der Waals surface area contributed by atoms with E-state index in [1.165, 1.54) is 0 Å². The molecule has 1 amide bonds. The Kier molecular flexibility index (Phi) is 4.88. The number of carbonyl (C=O) groups excluding carboxylic acids is 1. The van der Waals surface area contributed by atoms with E-state index in [4.69, 9.17) is 21.1 Å². The third-order valence-corrected chi connectivity index (χ3v) is 3.70. The summed E-state index contributed by atoms with van der Waals surface area (Å²) >= 11 is 6.01. The first-order valence-electron chi connectivity index (χ1n) is 7.40. The summed E-state index contributed by atoms with van der Waals surface area (Å²) in [7, 11) is 0. The number of anilines is 2. The summed E-state index contributed by atoms with van der Waals surface area (Å²) < 4.78 is 11.0. The highest BCUT2D eigenvalue weighted by molar-refractivity contribution is 6.33. The molecule has 2 aromatic rings. The normalized spacial score (nSPS) is 12.6. The van der Waals surface area contributed by atoms with Gasteiger partial charge in [-0.1, -0.05) is 23.7 Å². The standard InChI is InChI=1S/C17H17ClN2O3/c18-13-3-1-2-4-14(13)20-17(21)7-8-19-12-5-6-15-16(11-12)23-10-9-22-15/h1-6,11,19H,7-10H2,(H,20,21). The van der Waals surface area contributed by atoms with Crippen molar-refractivity contribution in [3.63, 3.8) is 0 Å². The van der Waals surface area contributed by atoms with Crippen LogP contribution in [0.25, 0.3) is 0 Å². The topological polar surface area (TPSA) is 59.6 Å². The fraction of sp³-hybridized carbons (Fsp3) is 0.235. The van der Waals surface area contributed by atoms with Crippen LogP contribution < -0.4 is 20.1 Å². The van der Waals surface area contributed by atoms with Crippen LogP contribution >= 0.6 is 11.6 Å². The molecule has 0 aromatic heterocycles. The third kappa shape index (κ3) is 4.07. The average Bonchev–Trinajstić information content (AvgIpc) is 2.57. The van der Waals surface area contributed by atoms with Crippen LogP contribution in [-0.2, 0) is 4.79 Å².